The van der Waals surface area contributed by atoms with Gasteiger partial charge < -0.3 is 24.8 Å². The molecule has 3 N–H and O–H groups in total. The van der Waals surface area contributed by atoms with Crippen molar-refractivity contribution in [2.75, 3.05) is 20.3 Å². The van der Waals surface area contributed by atoms with E-state index in [0.717, 1.165) is 5.56 Å². The molecule has 0 bridgehead atoms. The quantitative estimate of drug-likeness (QED) is 0.623. The van der Waals surface area contributed by atoms with Gasteiger partial charge >= 0.3 is 0 Å². The van der Waals surface area contributed by atoms with E-state index >= 15 is 0 Å². The van der Waals surface area contributed by atoms with Crippen molar-refractivity contribution in [3.05, 3.63) is 29.8 Å². The van der Waals surface area contributed by atoms with Crippen LogP contribution in [0.4, 0.5) is 0 Å². The lowest BCUT2D eigenvalue weighted by Crippen LogP contribution is -2.33. The molecule has 17 heavy (non-hydrogen) atoms. The molecule has 0 aliphatic carbocycles. The zero-order valence-corrected chi connectivity index (χ0v) is 9.74. The Labute approximate surface area is 100 Å². The molecule has 0 radical (unpaired) electrons. The lowest BCUT2D eigenvalue weighted by atomic mass is 10.2. The van der Waals surface area contributed by atoms with Crippen molar-refractivity contribution in [2.24, 2.45) is 0 Å². The van der Waals surface area contributed by atoms with Gasteiger partial charge in [-0.25, -0.2) is 0 Å². The molecule has 5 nitrogen and oxygen atoms in total. The first kappa shape index (κ1) is 13.9. The second-order valence-electron chi connectivity index (χ2n) is 3.64. The number of benzene rings is 1. The summed E-state index contributed by atoms with van der Waals surface area (Å²) in [6, 6.07) is 7.39. The summed E-state index contributed by atoms with van der Waals surface area (Å²) in [6.45, 7) is -0.252. The molecule has 96 valence electrons. The number of rotatable bonds is 7. The molecule has 0 unspecified atom stereocenters. The summed E-state index contributed by atoms with van der Waals surface area (Å²) in [5, 5.41) is 27.1. The second-order valence-corrected chi connectivity index (χ2v) is 3.64. The van der Waals surface area contributed by atoms with Gasteiger partial charge in [-0.3, -0.25) is 0 Å². The normalized spacial score (nSPS) is 14.4. The maximum absolute atomic E-state index is 9.36. The van der Waals surface area contributed by atoms with Gasteiger partial charge in [-0.2, -0.15) is 0 Å². The Morgan fingerprint density at radius 2 is 1.88 bits per heavy atom. The van der Waals surface area contributed by atoms with E-state index in [1.165, 1.54) is 0 Å². The van der Waals surface area contributed by atoms with Crippen molar-refractivity contribution in [2.45, 2.75) is 18.8 Å². The molecule has 5 heteroatoms. The van der Waals surface area contributed by atoms with Crippen LogP contribution < -0.4 is 4.74 Å². The van der Waals surface area contributed by atoms with Crippen LogP contribution in [0.5, 0.6) is 5.75 Å². The minimum absolute atomic E-state index is 0.0419. The van der Waals surface area contributed by atoms with Gasteiger partial charge in [0, 0.05) is 5.56 Å². The summed E-state index contributed by atoms with van der Waals surface area (Å²) in [4.78, 5) is 0. The molecule has 0 aliphatic rings. The molecule has 0 aliphatic heterocycles. The van der Waals surface area contributed by atoms with Crippen molar-refractivity contribution in [3.8, 4) is 5.75 Å². The van der Waals surface area contributed by atoms with Crippen LogP contribution in [0, 0.1) is 0 Å². The highest BCUT2D eigenvalue weighted by atomic mass is 16.5. The van der Waals surface area contributed by atoms with E-state index in [9.17, 15) is 5.11 Å². The summed E-state index contributed by atoms with van der Waals surface area (Å²) in [5.41, 5.74) is 0.862. The highest BCUT2D eigenvalue weighted by Crippen LogP contribution is 2.18. The van der Waals surface area contributed by atoms with Crippen LogP contribution >= 0.6 is 0 Å². The molecule has 0 spiro atoms. The first-order chi connectivity index (χ1) is 8.19. The van der Waals surface area contributed by atoms with Gasteiger partial charge in [0.05, 0.1) is 26.9 Å². The van der Waals surface area contributed by atoms with Crippen LogP contribution in [0.25, 0.3) is 0 Å². The first-order valence-corrected chi connectivity index (χ1v) is 5.35. The molecule has 0 amide bonds. The molecule has 1 rings (SSSR count). The SMILES string of the molecule is COc1ccccc1COC[C@H](O)[C@H](O)CO. The third kappa shape index (κ3) is 4.32. The molecule has 1 aromatic carbocycles. The van der Waals surface area contributed by atoms with E-state index in [4.69, 9.17) is 19.7 Å². The van der Waals surface area contributed by atoms with Gasteiger partial charge in [0.15, 0.2) is 0 Å². The average Bonchev–Trinajstić information content (AvgIpc) is 2.38. The van der Waals surface area contributed by atoms with Crippen LogP contribution in [0.2, 0.25) is 0 Å². The van der Waals surface area contributed by atoms with Gasteiger partial charge in [0.25, 0.3) is 0 Å². The van der Waals surface area contributed by atoms with Gasteiger partial charge in [-0.05, 0) is 6.07 Å². The summed E-state index contributed by atoms with van der Waals surface area (Å²) in [6.07, 6.45) is -2.26. The van der Waals surface area contributed by atoms with E-state index < -0.39 is 18.8 Å². The first-order valence-electron chi connectivity index (χ1n) is 5.35. The van der Waals surface area contributed by atoms with E-state index in [2.05, 4.69) is 0 Å². The Morgan fingerprint density at radius 1 is 1.18 bits per heavy atom. The van der Waals surface area contributed by atoms with E-state index in [1.54, 1.807) is 7.11 Å². The maximum atomic E-state index is 9.36. The number of hydrogen-bond acceptors (Lipinski definition) is 5. The topological polar surface area (TPSA) is 79.2 Å². The van der Waals surface area contributed by atoms with Crippen molar-refractivity contribution in [1.29, 1.82) is 0 Å². The molecule has 0 aromatic heterocycles. The highest BCUT2D eigenvalue weighted by Gasteiger charge is 2.15. The number of para-hydroxylation sites is 1. The number of aliphatic hydroxyl groups excluding tert-OH is 3. The molecular weight excluding hydrogens is 224 g/mol. The minimum atomic E-state index is -1.17. The third-order valence-electron chi connectivity index (χ3n) is 2.37. The Balaban J connectivity index is 2.40. The molecule has 0 heterocycles. The van der Waals surface area contributed by atoms with Crippen molar-refractivity contribution >= 4 is 0 Å². The summed E-state index contributed by atoms with van der Waals surface area (Å²) in [5.74, 6) is 0.713. The maximum Gasteiger partial charge on any atom is 0.124 e. The predicted octanol–water partition coefficient (Wildman–Crippen LogP) is -0.0741. The van der Waals surface area contributed by atoms with Gasteiger partial charge in [0.2, 0.25) is 0 Å². The number of methoxy groups -OCH3 is 1. The van der Waals surface area contributed by atoms with Crippen LogP contribution in [0.3, 0.4) is 0 Å². The van der Waals surface area contributed by atoms with Gasteiger partial charge in [-0.1, -0.05) is 18.2 Å². The zero-order valence-electron chi connectivity index (χ0n) is 9.74. The zero-order chi connectivity index (χ0) is 12.7. The van der Waals surface area contributed by atoms with Gasteiger partial charge in [0.1, 0.15) is 18.0 Å². The fraction of sp³-hybridized carbons (Fsp3) is 0.500. The molecule has 0 saturated heterocycles. The summed E-state index contributed by atoms with van der Waals surface area (Å²) >= 11 is 0. The fourth-order valence-electron chi connectivity index (χ4n) is 1.34. The standard InChI is InChI=1S/C12H18O5/c1-16-12-5-3-2-4-9(12)7-17-8-11(15)10(14)6-13/h2-5,10-11,13-15H,6-8H2,1H3/t10-,11+/m1/s1. The largest absolute Gasteiger partial charge is 0.496 e. The van der Waals surface area contributed by atoms with Crippen molar-refractivity contribution < 1.29 is 24.8 Å². The monoisotopic (exact) mass is 242 g/mol. The fourth-order valence-corrected chi connectivity index (χ4v) is 1.34. The lowest BCUT2D eigenvalue weighted by Gasteiger charge is -2.16. The van der Waals surface area contributed by atoms with E-state index in [-0.39, 0.29) is 13.2 Å². The van der Waals surface area contributed by atoms with Crippen molar-refractivity contribution in [3.63, 3.8) is 0 Å². The lowest BCUT2D eigenvalue weighted by molar-refractivity contribution is -0.0602. The van der Waals surface area contributed by atoms with Crippen LogP contribution in [0.1, 0.15) is 5.56 Å². The Bertz CT molecular complexity index is 328. The van der Waals surface area contributed by atoms with Crippen LogP contribution in [0.15, 0.2) is 24.3 Å². The van der Waals surface area contributed by atoms with Crippen LogP contribution in [-0.2, 0) is 11.3 Å². The van der Waals surface area contributed by atoms with E-state index in [0.29, 0.717) is 5.75 Å². The van der Waals surface area contributed by atoms with Crippen molar-refractivity contribution in [1.82, 2.24) is 0 Å². The molecule has 2 atom stereocenters. The Kier molecular flexibility index (Phi) is 5.93. The number of aliphatic hydroxyl groups is 3. The highest BCUT2D eigenvalue weighted by molar-refractivity contribution is 5.32. The second kappa shape index (κ2) is 7.24. The van der Waals surface area contributed by atoms with Gasteiger partial charge in [-0.15, -0.1) is 0 Å². The Morgan fingerprint density at radius 3 is 2.53 bits per heavy atom. The smallest absolute Gasteiger partial charge is 0.124 e. The summed E-state index contributed by atoms with van der Waals surface area (Å²) in [7, 11) is 1.57. The predicted molar refractivity (Wildman–Crippen MR) is 61.7 cm³/mol. The summed E-state index contributed by atoms with van der Waals surface area (Å²) < 4.78 is 10.4. The average molecular weight is 242 g/mol. The van der Waals surface area contributed by atoms with Crippen LogP contribution in [-0.4, -0.2) is 47.9 Å². The molecular formula is C12H18O5. The third-order valence-corrected chi connectivity index (χ3v) is 2.37. The number of hydrogen-bond donors (Lipinski definition) is 3. The van der Waals surface area contributed by atoms with E-state index in [1.807, 2.05) is 24.3 Å². The Hall–Kier alpha value is -1.14. The minimum Gasteiger partial charge on any atom is -0.496 e. The number of ether oxygens (including phenoxy) is 2. The molecule has 0 fully saturated rings. The molecule has 0 saturated carbocycles. The molecule has 1 aromatic rings.